The summed E-state index contributed by atoms with van der Waals surface area (Å²) < 4.78 is 0. The first-order valence-corrected chi connectivity index (χ1v) is 9.52. The van der Waals surface area contributed by atoms with Gasteiger partial charge in [-0.25, -0.2) is 4.98 Å². The van der Waals surface area contributed by atoms with E-state index in [1.54, 1.807) is 36.7 Å². The van der Waals surface area contributed by atoms with E-state index < -0.39 is 0 Å². The van der Waals surface area contributed by atoms with Gasteiger partial charge in [-0.1, -0.05) is 56.8 Å². The number of nitrogens with two attached hydrogens (primary N) is 1. The monoisotopic (exact) mass is 384 g/mol. The first-order chi connectivity index (χ1) is 14.2. The smallest absolute Gasteiger partial charge is 0.195 e. The maximum Gasteiger partial charge on any atom is 0.195 e. The number of hydrogen-bond donors (Lipinski definition) is 3. The summed E-state index contributed by atoms with van der Waals surface area (Å²) in [7, 11) is 0. The average molecular weight is 384 g/mol. The Morgan fingerprint density at radius 3 is 2.55 bits per heavy atom. The van der Waals surface area contributed by atoms with Crippen LogP contribution in [0.1, 0.15) is 35.3 Å². The topological polar surface area (TPSA) is 83.8 Å². The number of nitrogens with one attached hydrogen (secondary N) is 2. The summed E-state index contributed by atoms with van der Waals surface area (Å²) in [5.74, 6) is -0.123. The van der Waals surface area contributed by atoms with E-state index in [4.69, 9.17) is 5.73 Å². The number of benzene rings is 2. The van der Waals surface area contributed by atoms with Crippen LogP contribution in [0.4, 0.5) is 17.1 Å². The number of rotatable bonds is 5. The van der Waals surface area contributed by atoms with Crippen LogP contribution in [0.2, 0.25) is 0 Å². The zero-order valence-corrected chi connectivity index (χ0v) is 16.6. The number of pyridine rings is 1. The van der Waals surface area contributed by atoms with Crippen LogP contribution in [0, 0.1) is 0 Å². The Hall–Kier alpha value is -3.86. The van der Waals surface area contributed by atoms with E-state index in [0.29, 0.717) is 28.0 Å². The Balaban J connectivity index is 0.00000117. The second-order valence-electron chi connectivity index (χ2n) is 6.16. The van der Waals surface area contributed by atoms with Crippen molar-refractivity contribution in [2.45, 2.75) is 13.8 Å². The third-order valence-electron chi connectivity index (χ3n) is 4.43. The van der Waals surface area contributed by atoms with Gasteiger partial charge in [-0.3, -0.25) is 4.79 Å². The molecule has 2 aromatic heterocycles. The van der Waals surface area contributed by atoms with Crippen LogP contribution in [-0.4, -0.2) is 15.8 Å². The summed E-state index contributed by atoms with van der Waals surface area (Å²) in [6.45, 7) is 7.78. The minimum atomic E-state index is -0.123. The fraction of sp³-hybridized carbons (Fsp3) is 0.0833. The molecule has 0 bridgehead atoms. The van der Waals surface area contributed by atoms with Crippen LogP contribution in [0.15, 0.2) is 73.6 Å². The molecule has 4 aromatic rings. The molecule has 0 saturated heterocycles. The molecule has 0 aliphatic carbocycles. The molecule has 0 saturated carbocycles. The number of nitrogen functional groups attached to an aromatic ring is 1. The zero-order valence-electron chi connectivity index (χ0n) is 16.6. The quantitative estimate of drug-likeness (QED) is 0.300. The first-order valence-electron chi connectivity index (χ1n) is 9.52. The molecule has 29 heavy (non-hydrogen) atoms. The SMILES string of the molecule is C=Cc1c(N)cccc1C(=O)c1c[nH]c2ncc(Nc3ccccc3)cc12.CC. The first kappa shape index (κ1) is 19.9. The number of hydrogen-bond acceptors (Lipinski definition) is 4. The molecular weight excluding hydrogens is 360 g/mol. The summed E-state index contributed by atoms with van der Waals surface area (Å²) in [5, 5.41) is 4.05. The second-order valence-corrected chi connectivity index (χ2v) is 6.16. The van der Waals surface area contributed by atoms with Crippen molar-refractivity contribution in [3.05, 3.63) is 90.3 Å². The Labute approximate surface area is 170 Å². The zero-order chi connectivity index (χ0) is 20.8. The molecule has 0 aliphatic heterocycles. The van der Waals surface area contributed by atoms with Crippen LogP contribution >= 0.6 is 0 Å². The van der Waals surface area contributed by atoms with Gasteiger partial charge in [0.25, 0.3) is 0 Å². The minimum absolute atomic E-state index is 0.123. The van der Waals surface area contributed by atoms with Crippen LogP contribution in [0.3, 0.4) is 0 Å². The second kappa shape index (κ2) is 8.89. The lowest BCUT2D eigenvalue weighted by molar-refractivity contribution is 0.104. The van der Waals surface area contributed by atoms with Gasteiger partial charge in [-0.2, -0.15) is 0 Å². The lowest BCUT2D eigenvalue weighted by Crippen LogP contribution is -2.05. The molecular formula is C24H24N4O. The summed E-state index contributed by atoms with van der Waals surface area (Å²) in [6.07, 6.45) is 5.02. The van der Waals surface area contributed by atoms with E-state index >= 15 is 0 Å². The van der Waals surface area contributed by atoms with E-state index in [2.05, 4.69) is 21.9 Å². The van der Waals surface area contributed by atoms with Gasteiger partial charge in [0.1, 0.15) is 5.65 Å². The Kier molecular flexibility index (Phi) is 6.09. The summed E-state index contributed by atoms with van der Waals surface area (Å²) in [4.78, 5) is 20.6. The molecule has 146 valence electrons. The summed E-state index contributed by atoms with van der Waals surface area (Å²) >= 11 is 0. The number of H-pyrrole nitrogens is 1. The van der Waals surface area contributed by atoms with Crippen LogP contribution < -0.4 is 11.1 Å². The maximum atomic E-state index is 13.2. The number of aromatic nitrogens is 2. The van der Waals surface area contributed by atoms with Crippen LogP contribution in [0.5, 0.6) is 0 Å². The van der Waals surface area contributed by atoms with Gasteiger partial charge in [-0.05, 0) is 24.3 Å². The number of carbonyl (C=O) groups is 1. The molecule has 2 aromatic carbocycles. The van der Waals surface area contributed by atoms with E-state index in [0.717, 1.165) is 16.8 Å². The van der Waals surface area contributed by atoms with Gasteiger partial charge in [0.05, 0.1) is 11.9 Å². The van der Waals surface area contributed by atoms with Gasteiger partial charge in [-0.15, -0.1) is 0 Å². The predicted octanol–water partition coefficient (Wildman–Crippen LogP) is 5.79. The largest absolute Gasteiger partial charge is 0.398 e. The molecule has 0 amide bonds. The highest BCUT2D eigenvalue weighted by Crippen LogP contribution is 2.27. The van der Waals surface area contributed by atoms with Gasteiger partial charge in [0.15, 0.2) is 5.78 Å². The molecule has 0 radical (unpaired) electrons. The number of ketones is 1. The average Bonchev–Trinajstić information content (AvgIpc) is 3.18. The molecule has 4 rings (SSSR count). The third kappa shape index (κ3) is 4.04. The standard InChI is InChI=1S/C22H18N4O.C2H6/c1-2-16-17(9-6-10-20(16)23)21(27)19-13-25-22-18(19)11-15(12-24-22)26-14-7-4-3-5-8-14;1-2/h2-13,26H,1,23H2,(H,24,25);1-2H3. The normalized spacial score (nSPS) is 10.1. The number of anilines is 3. The molecule has 5 nitrogen and oxygen atoms in total. The van der Waals surface area contributed by atoms with Crippen molar-refractivity contribution in [3.8, 4) is 0 Å². The van der Waals surface area contributed by atoms with E-state index in [9.17, 15) is 4.79 Å². The van der Waals surface area contributed by atoms with Crippen molar-refractivity contribution < 1.29 is 4.79 Å². The highest BCUT2D eigenvalue weighted by atomic mass is 16.1. The summed E-state index contributed by atoms with van der Waals surface area (Å²) in [6, 6.07) is 17.0. The summed E-state index contributed by atoms with van der Waals surface area (Å²) in [5.41, 5.74) is 10.6. The molecule has 0 fully saturated rings. The van der Waals surface area contributed by atoms with Crippen molar-refractivity contribution in [2.75, 3.05) is 11.1 Å². The van der Waals surface area contributed by atoms with Crippen molar-refractivity contribution in [1.82, 2.24) is 9.97 Å². The molecule has 0 aliphatic rings. The number of carbonyl (C=O) groups excluding carboxylic acids is 1. The number of nitrogens with zero attached hydrogens (tertiary/aromatic N) is 1. The number of fused-ring (bicyclic) bond motifs is 1. The van der Waals surface area contributed by atoms with Crippen molar-refractivity contribution in [3.63, 3.8) is 0 Å². The van der Waals surface area contributed by atoms with Crippen molar-refractivity contribution in [2.24, 2.45) is 0 Å². The van der Waals surface area contributed by atoms with Crippen molar-refractivity contribution in [1.29, 1.82) is 0 Å². The van der Waals surface area contributed by atoms with Crippen LogP contribution in [-0.2, 0) is 0 Å². The fourth-order valence-corrected chi connectivity index (χ4v) is 3.10. The molecule has 5 heteroatoms. The molecule has 0 atom stereocenters. The third-order valence-corrected chi connectivity index (χ3v) is 4.43. The van der Waals surface area contributed by atoms with Gasteiger partial charge in [0.2, 0.25) is 0 Å². The van der Waals surface area contributed by atoms with Gasteiger partial charge >= 0.3 is 0 Å². The fourth-order valence-electron chi connectivity index (χ4n) is 3.10. The molecule has 2 heterocycles. The van der Waals surface area contributed by atoms with Crippen molar-refractivity contribution >= 4 is 40.0 Å². The lowest BCUT2D eigenvalue weighted by atomic mass is 9.97. The number of para-hydroxylation sites is 1. The van der Waals surface area contributed by atoms with E-state index in [1.165, 1.54) is 0 Å². The number of aromatic amines is 1. The predicted molar refractivity (Wildman–Crippen MR) is 122 cm³/mol. The molecule has 0 unspecified atom stereocenters. The Morgan fingerprint density at radius 1 is 1.07 bits per heavy atom. The van der Waals surface area contributed by atoms with Crippen LogP contribution in [0.25, 0.3) is 17.1 Å². The van der Waals surface area contributed by atoms with Gasteiger partial charge < -0.3 is 16.0 Å². The van der Waals surface area contributed by atoms with Gasteiger partial charge in [0, 0.05) is 39.6 Å². The van der Waals surface area contributed by atoms with E-state index in [1.807, 2.05) is 50.2 Å². The highest BCUT2D eigenvalue weighted by Gasteiger charge is 2.18. The van der Waals surface area contributed by atoms with E-state index in [-0.39, 0.29) is 5.78 Å². The maximum absolute atomic E-state index is 13.2. The Bertz CT molecular complexity index is 1150. The Morgan fingerprint density at radius 2 is 1.83 bits per heavy atom. The highest BCUT2D eigenvalue weighted by molar-refractivity contribution is 6.18. The minimum Gasteiger partial charge on any atom is -0.398 e. The lowest BCUT2D eigenvalue weighted by Gasteiger charge is -2.08. The molecule has 0 spiro atoms. The molecule has 4 N–H and O–H groups in total.